The number of carbonyl (C=O) groups excluding carboxylic acids is 2. The van der Waals surface area contributed by atoms with Gasteiger partial charge in [-0.25, -0.2) is 0 Å². The molecule has 0 aliphatic heterocycles. The maximum atomic E-state index is 13.8. The van der Waals surface area contributed by atoms with Crippen LogP contribution in [0.3, 0.4) is 0 Å². The van der Waals surface area contributed by atoms with Gasteiger partial charge >= 0.3 is 0 Å². The second-order valence-corrected chi connectivity index (χ2v) is 12.3. The van der Waals surface area contributed by atoms with E-state index < -0.39 is 6.04 Å². The van der Waals surface area contributed by atoms with E-state index >= 15 is 0 Å². The lowest BCUT2D eigenvalue weighted by Crippen LogP contribution is -2.52. The van der Waals surface area contributed by atoms with E-state index in [2.05, 4.69) is 5.32 Å². The Bertz CT molecular complexity index is 1230. The fourth-order valence-corrected chi connectivity index (χ4v) is 6.29. The minimum absolute atomic E-state index is 0.0692. The van der Waals surface area contributed by atoms with Crippen LogP contribution in [-0.2, 0) is 22.6 Å². The molecule has 4 rings (SSSR count). The second kappa shape index (κ2) is 15.0. The molecular formula is C31H33Cl3N2O2S. The Morgan fingerprint density at radius 2 is 1.62 bits per heavy atom. The summed E-state index contributed by atoms with van der Waals surface area (Å²) in [6.45, 7) is 0.231. The molecule has 1 N–H and O–H groups in total. The molecule has 1 fully saturated rings. The quantitative estimate of drug-likeness (QED) is 0.168. The van der Waals surface area contributed by atoms with Crippen LogP contribution in [0.1, 0.15) is 49.7 Å². The molecule has 1 saturated carbocycles. The normalized spacial score (nSPS) is 14.2. The number of benzene rings is 3. The van der Waals surface area contributed by atoms with E-state index in [4.69, 9.17) is 34.8 Å². The summed E-state index contributed by atoms with van der Waals surface area (Å²) in [5, 5.41) is 4.94. The van der Waals surface area contributed by atoms with Crippen LogP contribution in [-0.4, -0.2) is 34.6 Å². The molecule has 1 atom stereocenters. The highest BCUT2D eigenvalue weighted by atomic mass is 35.5. The molecule has 0 spiro atoms. The van der Waals surface area contributed by atoms with Crippen LogP contribution in [0.4, 0.5) is 0 Å². The Hall–Kier alpha value is -2.18. The summed E-state index contributed by atoms with van der Waals surface area (Å²) in [6, 6.07) is 22.3. The highest BCUT2D eigenvalue weighted by Gasteiger charge is 2.32. The molecule has 0 saturated heterocycles. The molecule has 3 aromatic rings. The van der Waals surface area contributed by atoms with Gasteiger partial charge in [0.05, 0.1) is 0 Å². The minimum Gasteiger partial charge on any atom is -0.352 e. The summed E-state index contributed by atoms with van der Waals surface area (Å²) in [5.74, 6) is 0.598. The van der Waals surface area contributed by atoms with Crippen LogP contribution in [0.25, 0.3) is 0 Å². The number of hydrogen-bond donors (Lipinski definition) is 1. The van der Waals surface area contributed by atoms with Crippen LogP contribution in [0.15, 0.2) is 77.7 Å². The van der Waals surface area contributed by atoms with Crippen molar-refractivity contribution in [2.45, 2.75) is 68.5 Å². The topological polar surface area (TPSA) is 49.4 Å². The van der Waals surface area contributed by atoms with Crippen molar-refractivity contribution in [1.29, 1.82) is 0 Å². The first-order valence-corrected chi connectivity index (χ1v) is 15.5. The fourth-order valence-electron chi connectivity index (χ4n) is 4.84. The lowest BCUT2D eigenvalue weighted by atomic mass is 10.0. The van der Waals surface area contributed by atoms with Crippen molar-refractivity contribution >= 4 is 58.4 Å². The van der Waals surface area contributed by atoms with Gasteiger partial charge in [0, 0.05) is 45.4 Å². The Labute approximate surface area is 250 Å². The van der Waals surface area contributed by atoms with Gasteiger partial charge in [0.25, 0.3) is 0 Å². The third-order valence-corrected chi connectivity index (χ3v) is 8.88. The van der Waals surface area contributed by atoms with Gasteiger partial charge in [-0.15, -0.1) is 11.8 Å². The molecule has 0 aromatic heterocycles. The van der Waals surface area contributed by atoms with E-state index in [-0.39, 0.29) is 24.4 Å². The molecule has 206 valence electrons. The average molecular weight is 604 g/mol. The van der Waals surface area contributed by atoms with Gasteiger partial charge in [0.2, 0.25) is 11.8 Å². The number of thioether (sulfide) groups is 1. The maximum absolute atomic E-state index is 13.8. The molecule has 39 heavy (non-hydrogen) atoms. The zero-order valence-electron chi connectivity index (χ0n) is 21.8. The first-order chi connectivity index (χ1) is 18.9. The van der Waals surface area contributed by atoms with Crippen molar-refractivity contribution in [3.05, 3.63) is 99.0 Å². The second-order valence-electron chi connectivity index (χ2n) is 9.86. The van der Waals surface area contributed by atoms with E-state index in [9.17, 15) is 9.59 Å². The van der Waals surface area contributed by atoms with Gasteiger partial charge in [0.1, 0.15) is 6.04 Å². The van der Waals surface area contributed by atoms with Crippen LogP contribution < -0.4 is 5.32 Å². The number of nitrogens with zero attached hydrogens (tertiary/aromatic N) is 1. The van der Waals surface area contributed by atoms with Gasteiger partial charge in [-0.2, -0.15) is 0 Å². The first kappa shape index (κ1) is 29.8. The molecule has 3 aromatic carbocycles. The lowest BCUT2D eigenvalue weighted by molar-refractivity contribution is -0.141. The van der Waals surface area contributed by atoms with Crippen LogP contribution >= 0.6 is 46.6 Å². The van der Waals surface area contributed by atoms with Gasteiger partial charge in [-0.1, -0.05) is 84.0 Å². The van der Waals surface area contributed by atoms with Crippen molar-refractivity contribution in [3.8, 4) is 0 Å². The van der Waals surface area contributed by atoms with Crippen LogP contribution in [0.2, 0.25) is 15.1 Å². The van der Waals surface area contributed by atoms with E-state index in [1.807, 2.05) is 60.7 Å². The molecular weight excluding hydrogens is 571 g/mol. The number of rotatable bonds is 12. The average Bonchev–Trinajstić information content (AvgIpc) is 3.44. The standard InChI is InChI=1S/C31H33Cl3N2O2S/c32-24-14-16-27(17-15-24)39-18-6-11-30(37)36(21-23-12-13-25(33)20-28(23)34)29(19-22-7-2-1-3-8-22)31(38)35-26-9-4-5-10-26/h1-3,7-8,12-17,20,26,29H,4-6,9-11,18-19,21H2,(H,35,38)/t29-/m0/s1. The minimum atomic E-state index is -0.656. The monoisotopic (exact) mass is 602 g/mol. The third-order valence-electron chi connectivity index (χ3n) is 6.95. The van der Waals surface area contributed by atoms with E-state index in [1.165, 1.54) is 0 Å². The highest BCUT2D eigenvalue weighted by molar-refractivity contribution is 7.99. The van der Waals surface area contributed by atoms with Crippen molar-refractivity contribution < 1.29 is 9.59 Å². The maximum Gasteiger partial charge on any atom is 0.243 e. The number of nitrogens with one attached hydrogen (secondary N) is 1. The van der Waals surface area contributed by atoms with Crippen molar-refractivity contribution in [2.75, 3.05) is 5.75 Å². The predicted molar refractivity (Wildman–Crippen MR) is 163 cm³/mol. The van der Waals surface area contributed by atoms with Crippen LogP contribution in [0, 0.1) is 0 Å². The van der Waals surface area contributed by atoms with E-state index in [0.717, 1.165) is 47.5 Å². The van der Waals surface area contributed by atoms with Gasteiger partial charge in [-0.05, 0) is 72.5 Å². The molecule has 1 aliphatic carbocycles. The van der Waals surface area contributed by atoms with Crippen molar-refractivity contribution in [3.63, 3.8) is 0 Å². The lowest BCUT2D eigenvalue weighted by Gasteiger charge is -2.32. The molecule has 0 unspecified atom stereocenters. The summed E-state index contributed by atoms with van der Waals surface area (Å²) in [4.78, 5) is 30.4. The summed E-state index contributed by atoms with van der Waals surface area (Å²) >= 11 is 20.3. The highest BCUT2D eigenvalue weighted by Crippen LogP contribution is 2.26. The Kier molecular flexibility index (Phi) is 11.5. The first-order valence-electron chi connectivity index (χ1n) is 13.3. The molecule has 1 aliphatic rings. The van der Waals surface area contributed by atoms with Crippen molar-refractivity contribution in [1.82, 2.24) is 10.2 Å². The largest absolute Gasteiger partial charge is 0.352 e. The predicted octanol–water partition coefficient (Wildman–Crippen LogP) is 8.22. The Morgan fingerprint density at radius 1 is 0.923 bits per heavy atom. The number of halogens is 3. The summed E-state index contributed by atoms with van der Waals surface area (Å²) in [7, 11) is 0. The zero-order valence-corrected chi connectivity index (χ0v) is 24.8. The molecule has 0 bridgehead atoms. The van der Waals surface area contributed by atoms with Gasteiger partial charge in [0.15, 0.2) is 0 Å². The molecule has 0 radical (unpaired) electrons. The summed E-state index contributed by atoms with van der Waals surface area (Å²) < 4.78 is 0. The van der Waals surface area contributed by atoms with E-state index in [1.54, 1.807) is 28.8 Å². The fraction of sp³-hybridized carbons (Fsp3) is 0.355. The smallest absolute Gasteiger partial charge is 0.243 e. The molecule has 4 nitrogen and oxygen atoms in total. The number of hydrogen-bond acceptors (Lipinski definition) is 3. The third kappa shape index (κ3) is 9.18. The van der Waals surface area contributed by atoms with Crippen LogP contribution in [0.5, 0.6) is 0 Å². The molecule has 0 heterocycles. The SMILES string of the molecule is O=C(NC1CCCC1)[C@H](Cc1ccccc1)N(Cc1ccc(Cl)cc1Cl)C(=O)CCCSc1ccc(Cl)cc1. The molecule has 2 amide bonds. The Balaban J connectivity index is 1.54. The van der Waals surface area contributed by atoms with Gasteiger partial charge < -0.3 is 10.2 Å². The Morgan fingerprint density at radius 3 is 2.31 bits per heavy atom. The molecule has 8 heteroatoms. The summed E-state index contributed by atoms with van der Waals surface area (Å²) in [5.41, 5.74) is 1.76. The number of amides is 2. The summed E-state index contributed by atoms with van der Waals surface area (Å²) in [6.07, 6.45) is 5.61. The van der Waals surface area contributed by atoms with Crippen molar-refractivity contribution in [2.24, 2.45) is 0 Å². The number of carbonyl (C=O) groups is 2. The van der Waals surface area contributed by atoms with E-state index in [0.29, 0.717) is 34.3 Å². The van der Waals surface area contributed by atoms with Gasteiger partial charge in [-0.3, -0.25) is 9.59 Å². The zero-order chi connectivity index (χ0) is 27.6.